The van der Waals surface area contributed by atoms with Gasteiger partial charge in [0.25, 0.3) is 5.91 Å². The van der Waals surface area contributed by atoms with E-state index in [1.54, 1.807) is 4.68 Å². The van der Waals surface area contributed by atoms with E-state index in [9.17, 15) is 4.79 Å². The van der Waals surface area contributed by atoms with Crippen molar-refractivity contribution < 1.29 is 14.3 Å². The molecule has 0 spiro atoms. The number of amides is 1. The Labute approximate surface area is 228 Å². The van der Waals surface area contributed by atoms with Crippen LogP contribution in [0.25, 0.3) is 0 Å². The molecule has 3 aromatic carbocycles. The zero-order chi connectivity index (χ0) is 27.5. The number of hydrogen-bond donors (Lipinski definition) is 2. The second-order valence-corrected chi connectivity index (χ2v) is 9.65. The predicted octanol–water partition coefficient (Wildman–Crippen LogP) is 6.11. The van der Waals surface area contributed by atoms with Gasteiger partial charge in [-0.05, 0) is 80.6 Å². The lowest BCUT2D eigenvalue weighted by Gasteiger charge is -2.29. The number of fused-ring (bicyclic) bond motifs is 1. The van der Waals surface area contributed by atoms with Gasteiger partial charge in [0, 0.05) is 11.4 Å². The Balaban J connectivity index is 1.51. The van der Waals surface area contributed by atoms with E-state index in [1.807, 2.05) is 76.2 Å². The molecule has 39 heavy (non-hydrogen) atoms. The molecule has 1 aliphatic heterocycles. The number of carbonyl (C=O) groups is 1. The zero-order valence-corrected chi connectivity index (χ0v) is 22.9. The van der Waals surface area contributed by atoms with Gasteiger partial charge in [0.15, 0.2) is 11.5 Å². The van der Waals surface area contributed by atoms with E-state index in [1.165, 1.54) is 11.9 Å². The number of carbonyl (C=O) groups excluding carboxylic acids is 1. The van der Waals surface area contributed by atoms with E-state index in [0.29, 0.717) is 41.9 Å². The number of anilines is 2. The van der Waals surface area contributed by atoms with Gasteiger partial charge < -0.3 is 20.1 Å². The zero-order valence-electron chi connectivity index (χ0n) is 22.9. The van der Waals surface area contributed by atoms with Gasteiger partial charge in [0.1, 0.15) is 19.0 Å². The molecular formula is C31H33N5O3. The summed E-state index contributed by atoms with van der Waals surface area (Å²) in [6.07, 6.45) is 1.48. The first kappa shape index (κ1) is 26.0. The summed E-state index contributed by atoms with van der Waals surface area (Å²) in [6.45, 7) is 10.8. The van der Waals surface area contributed by atoms with Crippen LogP contribution in [0.1, 0.15) is 47.7 Å². The number of benzene rings is 3. The molecule has 2 N–H and O–H groups in total. The van der Waals surface area contributed by atoms with E-state index < -0.39 is 6.04 Å². The molecule has 0 aliphatic carbocycles. The maximum absolute atomic E-state index is 13.8. The lowest BCUT2D eigenvalue weighted by molar-refractivity contribution is -0.113. The summed E-state index contributed by atoms with van der Waals surface area (Å²) < 4.78 is 13.9. The fraction of sp³-hybridized carbons (Fsp3) is 0.258. The molecule has 1 atom stereocenters. The highest BCUT2D eigenvalue weighted by molar-refractivity contribution is 6.06. The van der Waals surface area contributed by atoms with Gasteiger partial charge in [-0.2, -0.15) is 10.1 Å². The Morgan fingerprint density at radius 2 is 1.77 bits per heavy atom. The fourth-order valence-corrected chi connectivity index (χ4v) is 4.78. The lowest BCUT2D eigenvalue weighted by Crippen LogP contribution is -2.31. The lowest BCUT2D eigenvalue weighted by atomic mass is 9.94. The normalized spacial score (nSPS) is 14.4. The van der Waals surface area contributed by atoms with Crippen LogP contribution in [0.2, 0.25) is 0 Å². The number of nitrogens with zero attached hydrogens (tertiary/aromatic N) is 3. The van der Waals surface area contributed by atoms with Crippen molar-refractivity contribution in [3.8, 4) is 11.5 Å². The summed E-state index contributed by atoms with van der Waals surface area (Å²) in [5, 5.41) is 10.8. The van der Waals surface area contributed by atoms with Gasteiger partial charge >= 0.3 is 0 Å². The number of allylic oxidation sites excluding steroid dienone is 1. The third-order valence-corrected chi connectivity index (χ3v) is 7.12. The third-order valence-electron chi connectivity index (χ3n) is 7.12. The van der Waals surface area contributed by atoms with Crippen LogP contribution < -0.4 is 20.1 Å². The van der Waals surface area contributed by atoms with Crippen LogP contribution in [0.15, 0.2) is 78.3 Å². The van der Waals surface area contributed by atoms with Crippen LogP contribution in [0.4, 0.5) is 11.6 Å². The monoisotopic (exact) mass is 523 g/mol. The van der Waals surface area contributed by atoms with Crippen molar-refractivity contribution in [3.05, 3.63) is 106 Å². The summed E-state index contributed by atoms with van der Waals surface area (Å²) in [5.41, 5.74) is 7.28. The van der Waals surface area contributed by atoms with E-state index in [-0.39, 0.29) is 5.91 Å². The molecule has 0 radical (unpaired) electrons. The van der Waals surface area contributed by atoms with Crippen molar-refractivity contribution in [1.29, 1.82) is 0 Å². The van der Waals surface area contributed by atoms with Gasteiger partial charge in [-0.25, -0.2) is 4.68 Å². The van der Waals surface area contributed by atoms with Gasteiger partial charge in [-0.15, -0.1) is 0 Å². The first-order valence-electron chi connectivity index (χ1n) is 13.1. The number of aryl methyl sites for hydroxylation is 2. The van der Waals surface area contributed by atoms with E-state index in [2.05, 4.69) is 39.8 Å². The summed E-state index contributed by atoms with van der Waals surface area (Å²) in [5.74, 6) is 1.60. The Morgan fingerprint density at radius 1 is 0.974 bits per heavy atom. The molecule has 8 heteroatoms. The Morgan fingerprint density at radius 3 is 2.56 bits per heavy atom. The molecule has 1 aromatic heterocycles. The molecule has 0 bridgehead atoms. The van der Waals surface area contributed by atoms with Crippen molar-refractivity contribution >= 4 is 17.5 Å². The molecule has 2 heterocycles. The van der Waals surface area contributed by atoms with Crippen LogP contribution in [-0.4, -0.2) is 27.3 Å². The predicted molar refractivity (Wildman–Crippen MR) is 152 cm³/mol. The summed E-state index contributed by atoms with van der Waals surface area (Å²) >= 11 is 0. The molecule has 0 saturated heterocycles. The van der Waals surface area contributed by atoms with Crippen molar-refractivity contribution in [2.24, 2.45) is 0 Å². The molecule has 5 rings (SSSR count). The Bertz CT molecular complexity index is 1560. The molecule has 200 valence electrons. The van der Waals surface area contributed by atoms with Crippen LogP contribution in [0, 0.1) is 20.8 Å². The van der Waals surface area contributed by atoms with E-state index in [4.69, 9.17) is 9.47 Å². The Kier molecular flexibility index (Phi) is 7.36. The number of aromatic nitrogens is 3. The van der Waals surface area contributed by atoms with Crippen LogP contribution >= 0.6 is 0 Å². The van der Waals surface area contributed by atoms with Gasteiger partial charge in [-0.1, -0.05) is 42.5 Å². The van der Waals surface area contributed by atoms with Crippen LogP contribution in [0.5, 0.6) is 11.5 Å². The minimum Gasteiger partial charge on any atom is -0.490 e. The molecule has 1 amide bonds. The average molecular weight is 524 g/mol. The number of rotatable bonds is 8. The summed E-state index contributed by atoms with van der Waals surface area (Å²) in [6, 6.07) is 19.3. The maximum Gasteiger partial charge on any atom is 0.255 e. The minimum atomic E-state index is -0.515. The van der Waals surface area contributed by atoms with E-state index >= 15 is 0 Å². The third kappa shape index (κ3) is 5.23. The van der Waals surface area contributed by atoms with Crippen molar-refractivity contribution in [2.75, 3.05) is 17.2 Å². The highest BCUT2D eigenvalue weighted by atomic mass is 16.5. The first-order valence-corrected chi connectivity index (χ1v) is 13.1. The maximum atomic E-state index is 13.8. The quantitative estimate of drug-likeness (QED) is 0.290. The SMILES string of the molecule is CCOc1cc(C2C(C(=O)Nc3cccc(C)c3C)=C(C)Nc3ncnn32)ccc1OCc1ccccc1C. The van der Waals surface area contributed by atoms with Gasteiger partial charge in [0.2, 0.25) is 5.95 Å². The van der Waals surface area contributed by atoms with Crippen molar-refractivity contribution in [2.45, 2.75) is 47.3 Å². The Hall–Kier alpha value is -4.59. The van der Waals surface area contributed by atoms with Crippen molar-refractivity contribution in [1.82, 2.24) is 14.8 Å². The number of hydrogen-bond acceptors (Lipinski definition) is 6. The number of ether oxygens (including phenoxy) is 2. The molecule has 0 fully saturated rings. The molecule has 1 aliphatic rings. The van der Waals surface area contributed by atoms with Crippen LogP contribution in [0.3, 0.4) is 0 Å². The van der Waals surface area contributed by atoms with Gasteiger partial charge in [-0.3, -0.25) is 4.79 Å². The standard InChI is InChI=1S/C31H33N5O3/c1-6-38-27-16-23(14-15-26(27)39-17-24-12-8-7-10-20(24)3)29-28(22(5)34-31-32-18-33-36(29)31)30(37)35-25-13-9-11-19(2)21(25)4/h7-16,18,29H,6,17H2,1-5H3,(H,35,37)(H,32,33,34). The highest BCUT2D eigenvalue weighted by Crippen LogP contribution is 2.39. The van der Waals surface area contributed by atoms with E-state index in [0.717, 1.165) is 27.9 Å². The second kappa shape index (κ2) is 11.0. The number of nitrogens with one attached hydrogen (secondary N) is 2. The fourth-order valence-electron chi connectivity index (χ4n) is 4.78. The molecule has 8 nitrogen and oxygen atoms in total. The smallest absolute Gasteiger partial charge is 0.255 e. The molecule has 0 saturated carbocycles. The van der Waals surface area contributed by atoms with Crippen LogP contribution in [-0.2, 0) is 11.4 Å². The molecular weight excluding hydrogens is 490 g/mol. The second-order valence-electron chi connectivity index (χ2n) is 9.65. The largest absolute Gasteiger partial charge is 0.490 e. The molecule has 1 unspecified atom stereocenters. The minimum absolute atomic E-state index is 0.210. The average Bonchev–Trinajstić information content (AvgIpc) is 3.38. The first-order chi connectivity index (χ1) is 18.9. The molecule has 4 aromatic rings. The highest BCUT2D eigenvalue weighted by Gasteiger charge is 2.34. The van der Waals surface area contributed by atoms with Crippen molar-refractivity contribution in [3.63, 3.8) is 0 Å². The topological polar surface area (TPSA) is 90.3 Å². The summed E-state index contributed by atoms with van der Waals surface area (Å²) in [7, 11) is 0. The summed E-state index contributed by atoms with van der Waals surface area (Å²) in [4.78, 5) is 18.2. The van der Waals surface area contributed by atoms with Gasteiger partial charge in [0.05, 0.1) is 12.2 Å².